The molecule has 0 saturated carbocycles. The highest BCUT2D eigenvalue weighted by Gasteiger charge is 2.38. The second-order valence-electron chi connectivity index (χ2n) is 9.91. The summed E-state index contributed by atoms with van der Waals surface area (Å²) in [6.45, 7) is 2.51. The number of unbranched alkanes of at least 4 members (excludes halogenated alkanes) is 13. The molecule has 0 bridgehead atoms. The van der Waals surface area contributed by atoms with Crippen molar-refractivity contribution in [3.8, 4) is 0 Å². The van der Waals surface area contributed by atoms with Gasteiger partial charge >= 0.3 is 24.2 Å². The number of amides is 2. The maximum Gasteiger partial charge on any atom is 0.490 e. The van der Waals surface area contributed by atoms with E-state index in [0.717, 1.165) is 12.8 Å². The third-order valence-electron chi connectivity index (χ3n) is 6.12. The Balaban J connectivity index is 0. The largest absolute Gasteiger partial charge is 0.490 e. The van der Waals surface area contributed by atoms with Crippen LogP contribution in [0.15, 0.2) is 0 Å². The molecule has 0 heterocycles. The molecule has 0 fully saturated rings. The molecule has 254 valence electrons. The van der Waals surface area contributed by atoms with Crippen LogP contribution in [0.3, 0.4) is 0 Å². The zero-order valence-electron chi connectivity index (χ0n) is 25.6. The average Bonchev–Trinajstić information content (AvgIpc) is 2.96. The molecule has 0 aromatic heterocycles. The number of carboxylic acid groups (broad SMARTS) is 1. The summed E-state index contributed by atoms with van der Waals surface area (Å²) >= 11 is 1.36. The van der Waals surface area contributed by atoms with Crippen LogP contribution in [0, 0.1) is 0 Å². The van der Waals surface area contributed by atoms with E-state index >= 15 is 0 Å². The predicted molar refractivity (Wildman–Crippen MR) is 160 cm³/mol. The summed E-state index contributed by atoms with van der Waals surface area (Å²) in [6.07, 6.45) is 12.7. The minimum atomic E-state index is -5.08. The lowest BCUT2D eigenvalue weighted by Crippen LogP contribution is -2.51. The van der Waals surface area contributed by atoms with E-state index in [2.05, 4.69) is 22.3 Å². The van der Waals surface area contributed by atoms with Crippen LogP contribution in [0.1, 0.15) is 96.8 Å². The van der Waals surface area contributed by atoms with Gasteiger partial charge in [-0.3, -0.25) is 4.79 Å². The minimum absolute atomic E-state index is 0.213. The van der Waals surface area contributed by atoms with Crippen LogP contribution in [-0.2, 0) is 23.9 Å². The molecule has 0 spiro atoms. The molecule has 11 nitrogen and oxygen atoms in total. The van der Waals surface area contributed by atoms with E-state index in [4.69, 9.17) is 25.5 Å². The van der Waals surface area contributed by atoms with Gasteiger partial charge in [0.15, 0.2) is 6.04 Å². The van der Waals surface area contributed by atoms with Gasteiger partial charge in [0.1, 0.15) is 6.61 Å². The van der Waals surface area contributed by atoms with Crippen LogP contribution in [0.2, 0.25) is 0 Å². The van der Waals surface area contributed by atoms with Crippen molar-refractivity contribution in [2.75, 3.05) is 38.4 Å². The Labute approximate surface area is 257 Å². The molecule has 15 heteroatoms. The lowest BCUT2D eigenvalue weighted by atomic mass is 10.0. The first-order chi connectivity index (χ1) is 20.4. The highest BCUT2D eigenvalue weighted by molar-refractivity contribution is 7.99. The van der Waals surface area contributed by atoms with Gasteiger partial charge in [0.05, 0.1) is 19.8 Å². The number of carbonyl (C=O) groups is 4. The minimum Gasteiger partial charge on any atom is -0.475 e. The fourth-order valence-corrected chi connectivity index (χ4v) is 4.41. The molecule has 0 unspecified atom stereocenters. The number of aliphatic hydroxyl groups excluding tert-OH is 1. The van der Waals surface area contributed by atoms with Gasteiger partial charge < -0.3 is 36.1 Å². The number of methoxy groups -OCH3 is 1. The number of carbonyl (C=O) groups excluding carboxylic acids is 3. The predicted octanol–water partition coefficient (Wildman–Crippen LogP) is 4.54. The number of aliphatic hydroxyl groups is 1. The van der Waals surface area contributed by atoms with Crippen molar-refractivity contribution in [3.63, 3.8) is 0 Å². The Morgan fingerprint density at radius 2 is 1.35 bits per heavy atom. The zero-order chi connectivity index (χ0) is 32.9. The molecular weight excluding hydrogens is 595 g/mol. The third kappa shape index (κ3) is 28.3. The van der Waals surface area contributed by atoms with Crippen molar-refractivity contribution in [1.29, 1.82) is 0 Å². The van der Waals surface area contributed by atoms with Crippen molar-refractivity contribution in [2.45, 2.75) is 115 Å². The van der Waals surface area contributed by atoms with Crippen molar-refractivity contribution >= 4 is 35.7 Å². The lowest BCUT2D eigenvalue weighted by Gasteiger charge is -2.17. The second-order valence-corrected chi connectivity index (χ2v) is 11.1. The van der Waals surface area contributed by atoms with Crippen molar-refractivity contribution < 1.29 is 52.0 Å². The standard InChI is InChI=1S/C26H51N3O6S.C2HF3O2/c1-3-4-5-6-7-8-9-10-11-12-13-14-15-16-17-28-26(33)35-18-19-36-21-22(27)24(31)29-23(20-30)25(32)34-2;3-2(4,5)1(6)7/h22-23,30H,3-21,27H2,1-2H3,(H,28,33)(H,29,31);(H,6,7)/t22-,23-;/m0./s1. The van der Waals surface area contributed by atoms with Gasteiger partial charge in [0.2, 0.25) is 5.91 Å². The molecule has 0 aliphatic carbocycles. The van der Waals surface area contributed by atoms with E-state index in [1.807, 2.05) is 0 Å². The molecule has 6 N–H and O–H groups in total. The molecular formula is C28H52F3N3O8S. The summed E-state index contributed by atoms with van der Waals surface area (Å²) in [5.74, 6) is -3.27. The molecule has 0 radical (unpaired) electrons. The highest BCUT2D eigenvalue weighted by atomic mass is 32.2. The quantitative estimate of drug-likeness (QED) is 0.0738. The van der Waals surface area contributed by atoms with Gasteiger partial charge in [-0.25, -0.2) is 14.4 Å². The highest BCUT2D eigenvalue weighted by Crippen LogP contribution is 2.14. The molecule has 0 saturated heterocycles. The third-order valence-corrected chi connectivity index (χ3v) is 7.17. The zero-order valence-corrected chi connectivity index (χ0v) is 26.4. The molecule has 0 aliphatic rings. The Hall–Kier alpha value is -2.26. The molecule has 2 atom stereocenters. The van der Waals surface area contributed by atoms with E-state index < -0.39 is 48.8 Å². The van der Waals surface area contributed by atoms with Crippen molar-refractivity contribution in [2.24, 2.45) is 5.73 Å². The number of thioether (sulfide) groups is 1. The van der Waals surface area contributed by atoms with Gasteiger partial charge in [-0.15, -0.1) is 0 Å². The first kappa shape index (κ1) is 42.9. The van der Waals surface area contributed by atoms with Crippen molar-refractivity contribution in [1.82, 2.24) is 10.6 Å². The molecule has 43 heavy (non-hydrogen) atoms. The van der Waals surface area contributed by atoms with E-state index in [9.17, 15) is 27.6 Å². The van der Waals surface area contributed by atoms with Gasteiger partial charge in [-0.1, -0.05) is 90.4 Å². The molecule has 0 aromatic carbocycles. The van der Waals surface area contributed by atoms with Crippen LogP contribution in [0.4, 0.5) is 18.0 Å². The first-order valence-electron chi connectivity index (χ1n) is 14.9. The first-order valence-corrected chi connectivity index (χ1v) is 16.1. The topological polar surface area (TPSA) is 177 Å². The number of rotatable bonds is 24. The van der Waals surface area contributed by atoms with Gasteiger partial charge in [0, 0.05) is 18.1 Å². The number of aliphatic carboxylic acids is 1. The van der Waals surface area contributed by atoms with E-state index in [1.165, 1.54) is 95.9 Å². The Morgan fingerprint density at radius 3 is 1.77 bits per heavy atom. The number of alkyl halides is 3. The monoisotopic (exact) mass is 647 g/mol. The number of nitrogens with one attached hydrogen (secondary N) is 2. The van der Waals surface area contributed by atoms with Gasteiger partial charge in [-0.2, -0.15) is 24.9 Å². The Kier molecular flexibility index (Phi) is 28.4. The summed E-state index contributed by atoms with van der Waals surface area (Å²) in [4.78, 5) is 44.0. The SMILES string of the molecule is CCCCCCCCCCCCCCCCNC(=O)OCCSC[C@H](N)C(=O)N[C@@H](CO)C(=O)OC.O=C(O)C(F)(F)F. The Morgan fingerprint density at radius 1 is 0.884 bits per heavy atom. The number of halogens is 3. The van der Waals surface area contributed by atoms with Crippen LogP contribution in [0.25, 0.3) is 0 Å². The summed E-state index contributed by atoms with van der Waals surface area (Å²) in [5.41, 5.74) is 5.79. The number of esters is 1. The maximum atomic E-state index is 12.0. The average molecular weight is 648 g/mol. The van der Waals surface area contributed by atoms with Gasteiger partial charge in [0.25, 0.3) is 0 Å². The second kappa shape index (κ2) is 28.5. The van der Waals surface area contributed by atoms with Crippen molar-refractivity contribution in [3.05, 3.63) is 0 Å². The number of alkyl carbamates (subject to hydrolysis) is 1. The number of hydrogen-bond donors (Lipinski definition) is 5. The van der Waals surface area contributed by atoms with E-state index in [1.54, 1.807) is 0 Å². The van der Waals surface area contributed by atoms with E-state index in [0.29, 0.717) is 12.3 Å². The van der Waals surface area contributed by atoms with Crippen LogP contribution in [0.5, 0.6) is 0 Å². The molecule has 2 amide bonds. The number of hydrogen-bond acceptors (Lipinski definition) is 9. The number of carboxylic acids is 1. The van der Waals surface area contributed by atoms with Gasteiger partial charge in [-0.05, 0) is 6.42 Å². The fourth-order valence-electron chi connectivity index (χ4n) is 3.64. The van der Waals surface area contributed by atoms with Crippen LogP contribution in [-0.4, -0.2) is 90.8 Å². The Bertz CT molecular complexity index is 749. The number of ether oxygens (including phenoxy) is 2. The molecule has 0 aromatic rings. The number of nitrogens with two attached hydrogens (primary N) is 1. The van der Waals surface area contributed by atoms with Crippen LogP contribution < -0.4 is 16.4 Å². The molecule has 0 rings (SSSR count). The maximum absolute atomic E-state index is 12.0. The smallest absolute Gasteiger partial charge is 0.475 e. The summed E-state index contributed by atoms with van der Waals surface area (Å²) in [6, 6.07) is -1.99. The molecule has 0 aliphatic heterocycles. The summed E-state index contributed by atoms with van der Waals surface area (Å²) in [5, 5.41) is 21.4. The summed E-state index contributed by atoms with van der Waals surface area (Å²) in [7, 11) is 1.17. The normalized spacial score (nSPS) is 12.3. The van der Waals surface area contributed by atoms with Crippen LogP contribution >= 0.6 is 11.8 Å². The lowest BCUT2D eigenvalue weighted by molar-refractivity contribution is -0.192. The fraction of sp³-hybridized carbons (Fsp3) is 0.857. The van der Waals surface area contributed by atoms with E-state index in [-0.39, 0.29) is 12.4 Å². The summed E-state index contributed by atoms with van der Waals surface area (Å²) < 4.78 is 41.3.